The third-order valence-electron chi connectivity index (χ3n) is 2.48. The Morgan fingerprint density at radius 1 is 1.53 bits per heavy atom. The molecule has 0 aliphatic carbocycles. The molecule has 0 aromatic carbocycles. The van der Waals surface area contributed by atoms with Crippen LogP contribution in [0.1, 0.15) is 27.2 Å². The predicted molar refractivity (Wildman–Crippen MR) is 75.6 cm³/mol. The van der Waals surface area contributed by atoms with Gasteiger partial charge in [0.15, 0.2) is 11.6 Å². The number of aromatic nitrogens is 1. The van der Waals surface area contributed by atoms with Crippen molar-refractivity contribution < 1.29 is 14.3 Å². The normalized spacial score (nSPS) is 15.3. The SMILES string of the molecule is CC(C)(C)OC(=O)N1CCCOc2c(Br)ccnc21. The fourth-order valence-corrected chi connectivity index (χ4v) is 2.15. The zero-order valence-electron chi connectivity index (χ0n) is 11.3. The fraction of sp³-hybridized carbons (Fsp3) is 0.538. The molecule has 0 atom stereocenters. The van der Waals surface area contributed by atoms with Gasteiger partial charge in [-0.15, -0.1) is 0 Å². The molecule has 0 radical (unpaired) electrons. The van der Waals surface area contributed by atoms with Crippen molar-refractivity contribution in [1.82, 2.24) is 4.98 Å². The topological polar surface area (TPSA) is 51.7 Å². The van der Waals surface area contributed by atoms with E-state index in [0.29, 0.717) is 24.7 Å². The average molecular weight is 329 g/mol. The number of pyridine rings is 1. The minimum absolute atomic E-state index is 0.398. The molecule has 2 heterocycles. The highest BCUT2D eigenvalue weighted by Crippen LogP contribution is 2.36. The number of halogens is 1. The molecular weight excluding hydrogens is 312 g/mol. The van der Waals surface area contributed by atoms with Gasteiger partial charge in [0.2, 0.25) is 0 Å². The standard InChI is InChI=1S/C13H17BrN2O3/c1-13(2,3)19-12(17)16-7-4-8-18-10-9(14)5-6-15-11(10)16/h5-6H,4,7-8H2,1-3H3. The zero-order valence-corrected chi connectivity index (χ0v) is 12.9. The average Bonchev–Trinajstić information content (AvgIpc) is 2.50. The minimum atomic E-state index is -0.531. The van der Waals surface area contributed by atoms with E-state index in [1.165, 1.54) is 4.90 Å². The second-order valence-corrected chi connectivity index (χ2v) is 6.13. The number of anilines is 1. The first-order chi connectivity index (χ1) is 8.88. The van der Waals surface area contributed by atoms with Gasteiger partial charge in [-0.25, -0.2) is 9.78 Å². The molecule has 1 aromatic rings. The van der Waals surface area contributed by atoms with Crippen LogP contribution in [-0.4, -0.2) is 29.8 Å². The second-order valence-electron chi connectivity index (χ2n) is 5.28. The lowest BCUT2D eigenvalue weighted by molar-refractivity contribution is 0.0579. The van der Waals surface area contributed by atoms with Crippen LogP contribution in [0.25, 0.3) is 0 Å². The maximum atomic E-state index is 12.2. The van der Waals surface area contributed by atoms with Crippen LogP contribution in [0.3, 0.4) is 0 Å². The highest BCUT2D eigenvalue weighted by molar-refractivity contribution is 9.10. The van der Waals surface area contributed by atoms with Gasteiger partial charge in [-0.2, -0.15) is 0 Å². The van der Waals surface area contributed by atoms with Crippen molar-refractivity contribution in [2.45, 2.75) is 32.8 Å². The molecule has 19 heavy (non-hydrogen) atoms. The van der Waals surface area contributed by atoms with E-state index >= 15 is 0 Å². The number of carbonyl (C=O) groups excluding carboxylic acids is 1. The molecule has 5 nitrogen and oxygen atoms in total. The molecule has 1 aliphatic heterocycles. The van der Waals surface area contributed by atoms with Crippen molar-refractivity contribution in [2.75, 3.05) is 18.1 Å². The van der Waals surface area contributed by atoms with Gasteiger partial charge >= 0.3 is 6.09 Å². The molecular formula is C13H17BrN2O3. The van der Waals surface area contributed by atoms with Crippen molar-refractivity contribution in [2.24, 2.45) is 0 Å². The number of ether oxygens (including phenoxy) is 2. The Labute approximate surface area is 121 Å². The van der Waals surface area contributed by atoms with E-state index in [1.807, 2.05) is 20.8 Å². The van der Waals surface area contributed by atoms with E-state index in [4.69, 9.17) is 9.47 Å². The molecule has 2 rings (SSSR count). The molecule has 1 aliphatic rings. The Bertz CT molecular complexity index is 485. The summed E-state index contributed by atoms with van der Waals surface area (Å²) in [6, 6.07) is 1.79. The molecule has 0 fully saturated rings. The summed E-state index contributed by atoms with van der Waals surface area (Å²) >= 11 is 3.41. The highest BCUT2D eigenvalue weighted by atomic mass is 79.9. The second kappa shape index (κ2) is 5.36. The number of hydrogen-bond acceptors (Lipinski definition) is 4. The van der Waals surface area contributed by atoms with Crippen molar-refractivity contribution in [3.8, 4) is 5.75 Å². The molecule has 0 bridgehead atoms. The summed E-state index contributed by atoms with van der Waals surface area (Å²) in [5, 5.41) is 0. The molecule has 0 unspecified atom stereocenters. The van der Waals surface area contributed by atoms with Crippen LogP contribution in [0.4, 0.5) is 10.6 Å². The number of nitrogens with zero attached hydrogens (tertiary/aromatic N) is 2. The molecule has 0 N–H and O–H groups in total. The summed E-state index contributed by atoms with van der Waals surface area (Å²) in [6.07, 6.45) is 1.97. The largest absolute Gasteiger partial charge is 0.488 e. The molecule has 104 valence electrons. The van der Waals surface area contributed by atoms with Crippen molar-refractivity contribution in [3.05, 3.63) is 16.7 Å². The summed E-state index contributed by atoms with van der Waals surface area (Å²) in [5.41, 5.74) is -0.531. The summed E-state index contributed by atoms with van der Waals surface area (Å²) in [5.74, 6) is 1.09. The van der Waals surface area contributed by atoms with Crippen LogP contribution < -0.4 is 9.64 Å². The molecule has 1 aromatic heterocycles. The molecule has 0 saturated carbocycles. The fourth-order valence-electron chi connectivity index (χ4n) is 1.74. The lowest BCUT2D eigenvalue weighted by atomic mass is 10.2. The Kier molecular flexibility index (Phi) is 3.99. The van der Waals surface area contributed by atoms with Crippen molar-refractivity contribution >= 4 is 27.8 Å². The Morgan fingerprint density at radius 2 is 2.26 bits per heavy atom. The maximum Gasteiger partial charge on any atom is 0.416 e. The third-order valence-corrected chi connectivity index (χ3v) is 3.10. The number of rotatable bonds is 0. The van der Waals surface area contributed by atoms with E-state index in [0.717, 1.165) is 10.9 Å². The van der Waals surface area contributed by atoms with Crippen LogP contribution in [0, 0.1) is 0 Å². The lowest BCUT2D eigenvalue weighted by Crippen LogP contribution is -2.37. The molecule has 0 spiro atoms. The van der Waals surface area contributed by atoms with E-state index in [1.54, 1.807) is 12.3 Å². The Morgan fingerprint density at radius 3 is 2.95 bits per heavy atom. The number of carbonyl (C=O) groups is 1. The molecule has 0 saturated heterocycles. The third kappa shape index (κ3) is 3.37. The predicted octanol–water partition coefficient (Wildman–Crippen LogP) is 3.37. The number of fused-ring (bicyclic) bond motifs is 1. The van der Waals surface area contributed by atoms with Gasteiger partial charge in [-0.05, 0) is 49.2 Å². The molecule has 6 heteroatoms. The first kappa shape index (κ1) is 14.1. The van der Waals surface area contributed by atoms with Crippen LogP contribution in [0.2, 0.25) is 0 Å². The summed E-state index contributed by atoms with van der Waals surface area (Å²) in [6.45, 7) is 6.61. The Hall–Kier alpha value is -1.30. The van der Waals surface area contributed by atoms with E-state index in [9.17, 15) is 4.79 Å². The minimum Gasteiger partial charge on any atom is -0.488 e. The quantitative estimate of drug-likeness (QED) is 0.732. The van der Waals surface area contributed by atoms with E-state index in [-0.39, 0.29) is 0 Å². The van der Waals surface area contributed by atoms with Gasteiger partial charge < -0.3 is 9.47 Å². The number of hydrogen-bond donors (Lipinski definition) is 0. The van der Waals surface area contributed by atoms with Gasteiger partial charge in [0.25, 0.3) is 0 Å². The van der Waals surface area contributed by atoms with Crippen molar-refractivity contribution in [1.29, 1.82) is 0 Å². The van der Waals surface area contributed by atoms with Crippen LogP contribution in [0.5, 0.6) is 5.75 Å². The zero-order chi connectivity index (χ0) is 14.0. The van der Waals surface area contributed by atoms with Gasteiger partial charge in [-0.1, -0.05) is 0 Å². The lowest BCUT2D eigenvalue weighted by Gasteiger charge is -2.26. The first-order valence-corrected chi connectivity index (χ1v) is 6.95. The van der Waals surface area contributed by atoms with Gasteiger partial charge in [-0.3, -0.25) is 4.90 Å². The monoisotopic (exact) mass is 328 g/mol. The first-order valence-electron chi connectivity index (χ1n) is 6.16. The summed E-state index contributed by atoms with van der Waals surface area (Å²) in [7, 11) is 0. The van der Waals surface area contributed by atoms with Gasteiger partial charge in [0, 0.05) is 12.7 Å². The summed E-state index contributed by atoms with van der Waals surface area (Å²) in [4.78, 5) is 18.0. The number of amides is 1. The summed E-state index contributed by atoms with van der Waals surface area (Å²) < 4.78 is 11.8. The van der Waals surface area contributed by atoms with Gasteiger partial charge in [0.05, 0.1) is 11.1 Å². The van der Waals surface area contributed by atoms with Crippen molar-refractivity contribution in [3.63, 3.8) is 0 Å². The highest BCUT2D eigenvalue weighted by Gasteiger charge is 2.28. The van der Waals surface area contributed by atoms with Gasteiger partial charge in [0.1, 0.15) is 5.60 Å². The van der Waals surface area contributed by atoms with Crippen LogP contribution in [-0.2, 0) is 4.74 Å². The Balaban J connectivity index is 2.32. The van der Waals surface area contributed by atoms with Crippen LogP contribution in [0.15, 0.2) is 16.7 Å². The van der Waals surface area contributed by atoms with E-state index < -0.39 is 11.7 Å². The van der Waals surface area contributed by atoms with E-state index in [2.05, 4.69) is 20.9 Å². The van der Waals surface area contributed by atoms with Crippen LogP contribution >= 0.6 is 15.9 Å². The maximum absolute atomic E-state index is 12.2. The molecule has 1 amide bonds. The smallest absolute Gasteiger partial charge is 0.416 e.